The van der Waals surface area contributed by atoms with Crippen molar-refractivity contribution >= 4 is 17.7 Å². The van der Waals surface area contributed by atoms with Crippen LogP contribution in [0.3, 0.4) is 0 Å². The number of aromatic nitrogens is 1. The molecular formula is C20H23N3O4. The third kappa shape index (κ3) is 3.86. The average Bonchev–Trinajstić information content (AvgIpc) is 3.05. The lowest BCUT2D eigenvalue weighted by Crippen LogP contribution is -2.27. The Bertz CT molecular complexity index is 895. The standard InChI is InChI=1S/C20H23N3O4/c1-12-10-21-17(13(2)19(12)26-4)11-22-20(25)27-16-6-5-15-7-8-23(14(3)24)18(15)9-16/h5-6,9-10H,7-8,11H2,1-4H3,(H,22,25). The molecular weight excluding hydrogens is 346 g/mol. The number of anilines is 1. The van der Waals surface area contributed by atoms with Crippen molar-refractivity contribution in [3.8, 4) is 11.5 Å². The Morgan fingerprint density at radius 1 is 1.30 bits per heavy atom. The number of hydrogen-bond donors (Lipinski definition) is 1. The molecule has 3 rings (SSSR count). The van der Waals surface area contributed by atoms with Gasteiger partial charge in [-0.3, -0.25) is 9.78 Å². The average molecular weight is 369 g/mol. The van der Waals surface area contributed by atoms with Crippen molar-refractivity contribution in [1.82, 2.24) is 10.3 Å². The number of nitrogens with one attached hydrogen (secondary N) is 1. The van der Waals surface area contributed by atoms with Crippen LogP contribution in [-0.4, -0.2) is 30.6 Å². The van der Waals surface area contributed by atoms with E-state index in [1.165, 1.54) is 6.92 Å². The second-order valence-electron chi connectivity index (χ2n) is 6.50. The SMILES string of the molecule is COc1c(C)cnc(CNC(=O)Oc2ccc3c(c2)N(C(C)=O)CC3)c1C. The molecule has 0 saturated heterocycles. The summed E-state index contributed by atoms with van der Waals surface area (Å²) in [4.78, 5) is 29.9. The second kappa shape index (κ2) is 7.65. The van der Waals surface area contributed by atoms with Gasteiger partial charge in [-0.05, 0) is 31.9 Å². The van der Waals surface area contributed by atoms with Gasteiger partial charge in [0.2, 0.25) is 5.91 Å². The fourth-order valence-electron chi connectivity index (χ4n) is 3.30. The van der Waals surface area contributed by atoms with Gasteiger partial charge in [-0.15, -0.1) is 0 Å². The van der Waals surface area contributed by atoms with E-state index in [0.717, 1.165) is 34.5 Å². The summed E-state index contributed by atoms with van der Waals surface area (Å²) in [6.07, 6.45) is 1.94. The van der Waals surface area contributed by atoms with Crippen LogP contribution in [0.5, 0.6) is 11.5 Å². The van der Waals surface area contributed by atoms with Crippen LogP contribution in [0, 0.1) is 13.8 Å². The quantitative estimate of drug-likeness (QED) is 0.896. The zero-order valence-corrected chi connectivity index (χ0v) is 16.0. The van der Waals surface area contributed by atoms with Crippen molar-refractivity contribution in [3.63, 3.8) is 0 Å². The highest BCUT2D eigenvalue weighted by Gasteiger charge is 2.23. The lowest BCUT2D eigenvalue weighted by Gasteiger charge is -2.16. The first kappa shape index (κ1) is 18.7. The van der Waals surface area contributed by atoms with Gasteiger partial charge in [0.25, 0.3) is 0 Å². The van der Waals surface area contributed by atoms with Crippen molar-refractivity contribution < 1.29 is 19.1 Å². The van der Waals surface area contributed by atoms with Crippen LogP contribution < -0.4 is 19.7 Å². The third-order valence-corrected chi connectivity index (χ3v) is 4.69. The number of carbonyl (C=O) groups is 2. The minimum absolute atomic E-state index is 0.0229. The van der Waals surface area contributed by atoms with Crippen molar-refractivity contribution in [2.75, 3.05) is 18.6 Å². The number of amides is 2. The maximum absolute atomic E-state index is 12.2. The molecule has 2 heterocycles. The largest absolute Gasteiger partial charge is 0.496 e. The second-order valence-corrected chi connectivity index (χ2v) is 6.50. The number of fused-ring (bicyclic) bond motifs is 1. The molecule has 2 aromatic rings. The summed E-state index contributed by atoms with van der Waals surface area (Å²) < 4.78 is 10.7. The minimum atomic E-state index is -0.580. The third-order valence-electron chi connectivity index (χ3n) is 4.69. The first-order valence-corrected chi connectivity index (χ1v) is 8.76. The van der Waals surface area contributed by atoms with E-state index >= 15 is 0 Å². The van der Waals surface area contributed by atoms with Gasteiger partial charge in [0.15, 0.2) is 0 Å². The molecule has 1 aliphatic rings. The Kier molecular flexibility index (Phi) is 5.30. The van der Waals surface area contributed by atoms with Crippen LogP contribution >= 0.6 is 0 Å². The van der Waals surface area contributed by atoms with Crippen LogP contribution in [-0.2, 0) is 17.8 Å². The Labute approximate surface area is 158 Å². The summed E-state index contributed by atoms with van der Waals surface area (Å²) in [7, 11) is 1.61. The number of aryl methyl sites for hydroxylation is 1. The summed E-state index contributed by atoms with van der Waals surface area (Å²) in [5.74, 6) is 1.13. The van der Waals surface area contributed by atoms with Crippen LogP contribution in [0.2, 0.25) is 0 Å². The molecule has 1 aliphatic heterocycles. The summed E-state index contributed by atoms with van der Waals surface area (Å²) in [5, 5.41) is 2.70. The molecule has 1 N–H and O–H groups in total. The number of nitrogens with zero attached hydrogens (tertiary/aromatic N) is 2. The number of carbonyl (C=O) groups excluding carboxylic acids is 2. The summed E-state index contributed by atoms with van der Waals surface area (Å²) in [6.45, 7) is 6.23. The number of rotatable bonds is 4. The van der Waals surface area contributed by atoms with E-state index in [2.05, 4.69) is 10.3 Å². The van der Waals surface area contributed by atoms with Crippen molar-refractivity contribution in [2.24, 2.45) is 0 Å². The molecule has 0 unspecified atom stereocenters. The first-order chi connectivity index (χ1) is 12.9. The van der Waals surface area contributed by atoms with Gasteiger partial charge in [-0.25, -0.2) is 4.79 Å². The highest BCUT2D eigenvalue weighted by molar-refractivity contribution is 5.94. The maximum atomic E-state index is 12.2. The van der Waals surface area contributed by atoms with E-state index in [-0.39, 0.29) is 12.5 Å². The molecule has 7 nitrogen and oxygen atoms in total. The molecule has 0 atom stereocenters. The van der Waals surface area contributed by atoms with Crippen molar-refractivity contribution in [2.45, 2.75) is 33.7 Å². The zero-order chi connectivity index (χ0) is 19.6. The topological polar surface area (TPSA) is 80.8 Å². The van der Waals surface area contributed by atoms with Crippen LogP contribution in [0.25, 0.3) is 0 Å². The fraction of sp³-hybridized carbons (Fsp3) is 0.350. The Morgan fingerprint density at radius 3 is 2.78 bits per heavy atom. The van der Waals surface area contributed by atoms with Gasteiger partial charge in [0, 0.05) is 36.9 Å². The Balaban J connectivity index is 1.66. The minimum Gasteiger partial charge on any atom is -0.496 e. The lowest BCUT2D eigenvalue weighted by atomic mass is 10.1. The molecule has 2 amide bonds. The van der Waals surface area contributed by atoms with E-state index in [1.807, 2.05) is 19.9 Å². The first-order valence-electron chi connectivity index (χ1n) is 8.76. The Morgan fingerprint density at radius 2 is 2.07 bits per heavy atom. The normalized spacial score (nSPS) is 12.5. The van der Waals surface area contributed by atoms with Crippen molar-refractivity contribution in [1.29, 1.82) is 0 Å². The number of methoxy groups -OCH3 is 1. The molecule has 1 aromatic heterocycles. The van der Waals surface area contributed by atoms with Crippen molar-refractivity contribution in [3.05, 3.63) is 46.8 Å². The van der Waals surface area contributed by atoms with Crippen LogP contribution in [0.4, 0.5) is 10.5 Å². The molecule has 0 radical (unpaired) electrons. The Hall–Kier alpha value is -3.09. The molecule has 1 aromatic carbocycles. The highest BCUT2D eigenvalue weighted by Crippen LogP contribution is 2.32. The fourth-order valence-corrected chi connectivity index (χ4v) is 3.30. The lowest BCUT2D eigenvalue weighted by molar-refractivity contribution is -0.116. The van der Waals surface area contributed by atoms with E-state index in [9.17, 15) is 9.59 Å². The molecule has 0 bridgehead atoms. The highest BCUT2D eigenvalue weighted by atomic mass is 16.6. The van der Waals surface area contributed by atoms with E-state index < -0.39 is 6.09 Å². The molecule has 0 fully saturated rings. The molecule has 0 spiro atoms. The van der Waals surface area contributed by atoms with E-state index in [0.29, 0.717) is 18.0 Å². The monoisotopic (exact) mass is 369 g/mol. The number of hydrogen-bond acceptors (Lipinski definition) is 5. The summed E-state index contributed by atoms with van der Waals surface area (Å²) in [6, 6.07) is 5.35. The van der Waals surface area contributed by atoms with Crippen LogP contribution in [0.1, 0.15) is 29.3 Å². The molecule has 142 valence electrons. The smallest absolute Gasteiger partial charge is 0.412 e. The number of ether oxygens (including phenoxy) is 2. The summed E-state index contributed by atoms with van der Waals surface area (Å²) >= 11 is 0. The van der Waals surface area contributed by atoms with Gasteiger partial charge in [0.05, 0.1) is 25.0 Å². The van der Waals surface area contributed by atoms with Crippen LogP contribution in [0.15, 0.2) is 24.4 Å². The molecule has 0 aliphatic carbocycles. The predicted octanol–water partition coefficient (Wildman–Crippen LogP) is 2.90. The molecule has 7 heteroatoms. The van der Waals surface area contributed by atoms with Gasteiger partial charge >= 0.3 is 6.09 Å². The molecule has 27 heavy (non-hydrogen) atoms. The number of pyridine rings is 1. The predicted molar refractivity (Wildman–Crippen MR) is 101 cm³/mol. The maximum Gasteiger partial charge on any atom is 0.412 e. The van der Waals surface area contributed by atoms with Gasteiger partial charge in [-0.2, -0.15) is 0 Å². The molecule has 0 saturated carbocycles. The van der Waals surface area contributed by atoms with E-state index in [1.54, 1.807) is 30.3 Å². The summed E-state index contributed by atoms with van der Waals surface area (Å²) in [5.41, 5.74) is 4.41. The van der Waals surface area contributed by atoms with Gasteiger partial charge in [0.1, 0.15) is 11.5 Å². The zero-order valence-electron chi connectivity index (χ0n) is 16.0. The van der Waals surface area contributed by atoms with E-state index in [4.69, 9.17) is 9.47 Å². The number of benzene rings is 1. The van der Waals surface area contributed by atoms with Gasteiger partial charge in [-0.1, -0.05) is 6.07 Å². The van der Waals surface area contributed by atoms with Gasteiger partial charge < -0.3 is 19.7 Å².